The van der Waals surface area contributed by atoms with Crippen molar-refractivity contribution in [1.29, 1.82) is 5.26 Å². The lowest BCUT2D eigenvalue weighted by Crippen LogP contribution is -2.57. The first-order valence-corrected chi connectivity index (χ1v) is 16.4. The summed E-state index contributed by atoms with van der Waals surface area (Å²) in [5.41, 5.74) is 3.71. The number of likely N-dealkylation sites (tertiary alicyclic amines) is 1. The number of nitriles is 1. The molecule has 0 spiro atoms. The Morgan fingerprint density at radius 1 is 1.06 bits per heavy atom. The van der Waals surface area contributed by atoms with Crippen LogP contribution >= 0.6 is 11.3 Å². The van der Waals surface area contributed by atoms with Crippen LogP contribution in [0.15, 0.2) is 42.5 Å². The molecule has 3 aliphatic rings. The topological polar surface area (TPSA) is 106 Å². The number of anilines is 3. The fourth-order valence-corrected chi connectivity index (χ4v) is 7.07. The van der Waals surface area contributed by atoms with Crippen molar-refractivity contribution in [1.82, 2.24) is 19.8 Å². The Balaban J connectivity index is 1.13. The molecule has 1 saturated carbocycles. The van der Waals surface area contributed by atoms with Crippen molar-refractivity contribution in [2.45, 2.75) is 18.8 Å². The van der Waals surface area contributed by atoms with Crippen molar-refractivity contribution < 1.29 is 23.1 Å². The van der Waals surface area contributed by atoms with Crippen LogP contribution in [0.4, 0.5) is 25.3 Å². The van der Waals surface area contributed by atoms with Gasteiger partial charge in [-0.1, -0.05) is 11.3 Å². The van der Waals surface area contributed by atoms with Crippen LogP contribution in [0.5, 0.6) is 0 Å². The fourth-order valence-electron chi connectivity index (χ4n) is 6.21. The fraction of sp³-hybridized carbons (Fsp3) is 0.382. The van der Waals surface area contributed by atoms with Crippen LogP contribution in [-0.4, -0.2) is 91.6 Å². The molecule has 0 atom stereocenters. The number of fused-ring (bicyclic) bond motifs is 1. The quantitative estimate of drug-likeness (QED) is 0.245. The molecule has 7 rings (SSSR count). The molecular weight excluding hydrogens is 624 g/mol. The number of benzene rings is 2. The molecule has 2 aliphatic heterocycles. The SMILES string of the molecule is COC(=O)C1CN(C(=O)CN2CCN(c3cc(F)c4nc(C5CC5)cc(N(C)c5nc(-c6ccc(F)cc6)c(C#N)s5)c4c3)CC2)C1. The van der Waals surface area contributed by atoms with Gasteiger partial charge < -0.3 is 19.4 Å². The number of nitrogens with zero attached hydrogens (tertiary/aromatic N) is 7. The van der Waals surface area contributed by atoms with Gasteiger partial charge in [-0.2, -0.15) is 5.26 Å². The number of hydrogen-bond donors (Lipinski definition) is 0. The maximum atomic E-state index is 15.9. The maximum absolute atomic E-state index is 15.9. The Kier molecular flexibility index (Phi) is 8.23. The monoisotopic (exact) mass is 657 g/mol. The van der Waals surface area contributed by atoms with E-state index >= 15 is 4.39 Å². The number of carbonyl (C=O) groups is 2. The third kappa shape index (κ3) is 6.11. The number of methoxy groups -OCH3 is 1. The van der Waals surface area contributed by atoms with Crippen molar-refractivity contribution >= 4 is 50.6 Å². The van der Waals surface area contributed by atoms with E-state index in [0.717, 1.165) is 29.9 Å². The molecule has 4 heterocycles. The number of hydrogen-bond acceptors (Lipinski definition) is 10. The first-order valence-electron chi connectivity index (χ1n) is 15.6. The van der Waals surface area contributed by atoms with Gasteiger partial charge in [0.25, 0.3) is 0 Å². The zero-order chi connectivity index (χ0) is 32.8. The number of pyridine rings is 1. The predicted molar refractivity (Wildman–Crippen MR) is 175 cm³/mol. The van der Waals surface area contributed by atoms with Gasteiger partial charge in [0, 0.05) is 74.6 Å². The molecule has 0 radical (unpaired) electrons. The first-order chi connectivity index (χ1) is 22.7. The molecule has 0 unspecified atom stereocenters. The van der Waals surface area contributed by atoms with Crippen LogP contribution in [0.3, 0.4) is 0 Å². The van der Waals surface area contributed by atoms with Gasteiger partial charge in [0.1, 0.15) is 28.0 Å². The summed E-state index contributed by atoms with van der Waals surface area (Å²) >= 11 is 1.23. The number of thiazole rings is 1. The minimum atomic E-state index is -0.408. The molecule has 3 fully saturated rings. The molecule has 4 aromatic rings. The molecule has 242 valence electrons. The summed E-state index contributed by atoms with van der Waals surface area (Å²) < 4.78 is 34.3. The molecular formula is C34H33F2N7O3S. The second-order valence-electron chi connectivity index (χ2n) is 12.3. The smallest absolute Gasteiger partial charge is 0.312 e. The number of halogens is 2. The van der Waals surface area contributed by atoms with Crippen LogP contribution in [0, 0.1) is 28.9 Å². The lowest BCUT2D eigenvalue weighted by molar-refractivity contribution is -0.156. The van der Waals surface area contributed by atoms with E-state index < -0.39 is 5.82 Å². The van der Waals surface area contributed by atoms with Crippen molar-refractivity contribution in [2.24, 2.45) is 5.92 Å². The van der Waals surface area contributed by atoms with E-state index in [1.165, 1.54) is 36.6 Å². The van der Waals surface area contributed by atoms with Gasteiger partial charge in [-0.05, 0) is 55.3 Å². The molecule has 47 heavy (non-hydrogen) atoms. The number of rotatable bonds is 8. The molecule has 1 amide bonds. The van der Waals surface area contributed by atoms with Crippen molar-refractivity contribution in [2.75, 3.05) is 69.8 Å². The highest BCUT2D eigenvalue weighted by molar-refractivity contribution is 7.16. The van der Waals surface area contributed by atoms with Gasteiger partial charge in [0.15, 0.2) is 10.9 Å². The van der Waals surface area contributed by atoms with Crippen LogP contribution in [0.25, 0.3) is 22.2 Å². The Hall–Kier alpha value is -4.67. The molecule has 2 aromatic carbocycles. The molecule has 1 aliphatic carbocycles. The normalized spacial score (nSPS) is 17.0. The van der Waals surface area contributed by atoms with Crippen LogP contribution < -0.4 is 9.80 Å². The van der Waals surface area contributed by atoms with Gasteiger partial charge in [0.05, 0.1) is 25.3 Å². The molecule has 13 heteroatoms. The summed E-state index contributed by atoms with van der Waals surface area (Å²) in [7, 11) is 3.21. The van der Waals surface area contributed by atoms with Gasteiger partial charge in [-0.15, -0.1) is 0 Å². The second-order valence-corrected chi connectivity index (χ2v) is 13.3. The number of amides is 1. The Morgan fingerprint density at radius 2 is 1.79 bits per heavy atom. The van der Waals surface area contributed by atoms with E-state index in [9.17, 15) is 19.2 Å². The summed E-state index contributed by atoms with van der Waals surface area (Å²) in [6, 6.07) is 13.6. The van der Waals surface area contributed by atoms with E-state index in [1.54, 1.807) is 17.0 Å². The van der Waals surface area contributed by atoms with Gasteiger partial charge in [-0.3, -0.25) is 14.5 Å². The number of carbonyl (C=O) groups excluding carboxylic acids is 2. The van der Waals surface area contributed by atoms with Crippen LogP contribution in [-0.2, 0) is 14.3 Å². The molecule has 10 nitrogen and oxygen atoms in total. The predicted octanol–water partition coefficient (Wildman–Crippen LogP) is 4.91. The van der Waals surface area contributed by atoms with Gasteiger partial charge in [0.2, 0.25) is 5.91 Å². The largest absolute Gasteiger partial charge is 0.469 e. The lowest BCUT2D eigenvalue weighted by atomic mass is 10.0. The highest BCUT2D eigenvalue weighted by atomic mass is 32.1. The molecule has 2 saturated heterocycles. The van der Waals surface area contributed by atoms with Gasteiger partial charge in [-0.25, -0.2) is 18.7 Å². The molecule has 0 N–H and O–H groups in total. The van der Waals surface area contributed by atoms with E-state index in [2.05, 4.69) is 15.9 Å². The number of ether oxygens (including phenoxy) is 1. The average molecular weight is 658 g/mol. The lowest BCUT2D eigenvalue weighted by Gasteiger charge is -2.40. The van der Waals surface area contributed by atoms with E-state index in [0.29, 0.717) is 71.4 Å². The van der Waals surface area contributed by atoms with E-state index in [1.807, 2.05) is 24.1 Å². The van der Waals surface area contributed by atoms with Crippen molar-refractivity contribution in [3.05, 3.63) is 64.7 Å². The Bertz CT molecular complexity index is 1890. The molecule has 0 bridgehead atoms. The van der Waals surface area contributed by atoms with Crippen LogP contribution in [0.1, 0.15) is 29.3 Å². The molecule has 2 aromatic heterocycles. The van der Waals surface area contributed by atoms with E-state index in [4.69, 9.17) is 14.7 Å². The first kappa shape index (κ1) is 31.0. The van der Waals surface area contributed by atoms with E-state index in [-0.39, 0.29) is 36.1 Å². The second kappa shape index (κ2) is 12.5. The van der Waals surface area contributed by atoms with Crippen molar-refractivity contribution in [3.63, 3.8) is 0 Å². The highest BCUT2D eigenvalue weighted by Crippen LogP contribution is 2.44. The summed E-state index contributed by atoms with van der Waals surface area (Å²) in [4.78, 5) is 42.1. The summed E-state index contributed by atoms with van der Waals surface area (Å²) in [6.45, 7) is 3.54. The minimum Gasteiger partial charge on any atom is -0.469 e. The Labute approximate surface area is 274 Å². The highest BCUT2D eigenvalue weighted by Gasteiger charge is 2.37. The van der Waals surface area contributed by atoms with Gasteiger partial charge >= 0.3 is 5.97 Å². The number of aromatic nitrogens is 2. The summed E-state index contributed by atoms with van der Waals surface area (Å²) in [6.07, 6.45) is 2.00. The number of esters is 1. The maximum Gasteiger partial charge on any atom is 0.312 e. The Morgan fingerprint density at radius 3 is 2.45 bits per heavy atom. The zero-order valence-corrected chi connectivity index (χ0v) is 26.9. The third-order valence-corrected chi connectivity index (χ3v) is 10.2. The standard InChI is InChI=1S/C34H33F2N7O3S/c1-40(34-39-31(29(16-37)47-34)21-5-7-23(35)8-6-21)28-15-27(20-3-4-20)38-32-25(28)13-24(14-26(32)36)42-11-9-41(10-12-42)19-30(44)43-17-22(18-43)33(45)46-2/h5-8,13-15,20,22H,3-4,9-12,17-19H2,1-2H3. The summed E-state index contributed by atoms with van der Waals surface area (Å²) in [5.74, 6) is -1.04. The summed E-state index contributed by atoms with van der Waals surface area (Å²) in [5, 5.41) is 11.1. The third-order valence-electron chi connectivity index (χ3n) is 9.19. The average Bonchev–Trinajstić information content (AvgIpc) is 3.82. The van der Waals surface area contributed by atoms with Crippen LogP contribution in [0.2, 0.25) is 0 Å². The minimum absolute atomic E-state index is 0.00935. The van der Waals surface area contributed by atoms with Crippen molar-refractivity contribution in [3.8, 4) is 17.3 Å². The number of piperazine rings is 1. The zero-order valence-electron chi connectivity index (χ0n) is 26.1.